The average molecular weight is 233 g/mol. The van der Waals surface area contributed by atoms with Crippen LogP contribution < -0.4 is 5.32 Å². The van der Waals surface area contributed by atoms with Crippen LogP contribution in [0.4, 0.5) is 0 Å². The molecule has 2 aliphatic rings. The van der Waals surface area contributed by atoms with E-state index in [0.717, 1.165) is 19.6 Å². The maximum Gasteiger partial charge on any atom is 0.0545 e. The van der Waals surface area contributed by atoms with Gasteiger partial charge in [-0.2, -0.15) is 0 Å². The summed E-state index contributed by atoms with van der Waals surface area (Å²) in [7, 11) is 1.80. The highest BCUT2D eigenvalue weighted by Gasteiger charge is 2.25. The van der Waals surface area contributed by atoms with Crippen LogP contribution in [0.25, 0.3) is 0 Å². The normalized spacial score (nSPS) is 26.4. The fourth-order valence-corrected chi connectivity index (χ4v) is 2.69. The van der Waals surface area contributed by atoms with E-state index >= 15 is 0 Å². The number of piperidine rings is 1. The highest BCUT2D eigenvalue weighted by atomic mass is 16.5. The third-order valence-corrected chi connectivity index (χ3v) is 3.62. The van der Waals surface area contributed by atoms with Gasteiger partial charge in [-0.1, -0.05) is 36.8 Å². The van der Waals surface area contributed by atoms with Gasteiger partial charge in [0, 0.05) is 19.1 Å². The van der Waals surface area contributed by atoms with Gasteiger partial charge in [-0.15, -0.1) is 0 Å². The molecule has 0 saturated carbocycles. The molecule has 94 valence electrons. The van der Waals surface area contributed by atoms with Crippen molar-refractivity contribution in [2.45, 2.75) is 31.7 Å². The summed E-state index contributed by atoms with van der Waals surface area (Å²) in [5.74, 6) is 0.485. The number of allylic oxidation sites excluding steroid dienone is 5. The minimum atomic E-state index is 0.485. The van der Waals surface area contributed by atoms with E-state index in [2.05, 4.69) is 35.7 Å². The Hall–Kier alpha value is -0.860. The molecule has 1 aliphatic heterocycles. The van der Waals surface area contributed by atoms with E-state index in [0.29, 0.717) is 12.0 Å². The van der Waals surface area contributed by atoms with Crippen LogP contribution >= 0.6 is 0 Å². The van der Waals surface area contributed by atoms with Crippen LogP contribution in [0, 0.1) is 5.92 Å². The molecule has 1 heterocycles. The predicted octanol–water partition coefficient (Wildman–Crippen LogP) is 2.83. The van der Waals surface area contributed by atoms with E-state index in [1.807, 2.05) is 0 Å². The van der Waals surface area contributed by atoms with Crippen molar-refractivity contribution in [3.05, 3.63) is 36.0 Å². The number of methoxy groups -OCH3 is 1. The first-order chi connectivity index (χ1) is 8.42. The maximum absolute atomic E-state index is 5.41. The molecule has 17 heavy (non-hydrogen) atoms. The third-order valence-electron chi connectivity index (χ3n) is 3.62. The van der Waals surface area contributed by atoms with E-state index in [1.165, 1.54) is 24.8 Å². The van der Waals surface area contributed by atoms with Crippen LogP contribution in [-0.4, -0.2) is 26.3 Å². The smallest absolute Gasteiger partial charge is 0.0545 e. The molecule has 0 amide bonds. The molecule has 2 heteroatoms. The second-order valence-electron chi connectivity index (χ2n) is 4.85. The van der Waals surface area contributed by atoms with Crippen LogP contribution in [0.15, 0.2) is 36.0 Å². The Bertz CT molecular complexity index is 311. The van der Waals surface area contributed by atoms with Gasteiger partial charge in [0.05, 0.1) is 6.61 Å². The van der Waals surface area contributed by atoms with E-state index in [-0.39, 0.29) is 0 Å². The Balaban J connectivity index is 2.09. The SMILES string of the molecule is COCC(C1=CC=CCC=C1)C1CCCCN1. The predicted molar refractivity (Wildman–Crippen MR) is 72.0 cm³/mol. The van der Waals surface area contributed by atoms with E-state index in [9.17, 15) is 0 Å². The minimum Gasteiger partial charge on any atom is -0.384 e. The first-order valence-electron chi connectivity index (χ1n) is 6.67. The number of rotatable bonds is 4. The maximum atomic E-state index is 5.41. The van der Waals surface area contributed by atoms with Crippen LogP contribution in [-0.2, 0) is 4.74 Å². The molecule has 1 fully saturated rings. The second-order valence-corrected chi connectivity index (χ2v) is 4.85. The van der Waals surface area contributed by atoms with Gasteiger partial charge >= 0.3 is 0 Å². The fourth-order valence-electron chi connectivity index (χ4n) is 2.69. The molecule has 0 bridgehead atoms. The molecule has 1 N–H and O–H groups in total. The van der Waals surface area contributed by atoms with Crippen molar-refractivity contribution in [1.82, 2.24) is 5.32 Å². The van der Waals surface area contributed by atoms with Crippen molar-refractivity contribution in [3.8, 4) is 0 Å². The first kappa shape index (κ1) is 12.6. The highest BCUT2D eigenvalue weighted by molar-refractivity contribution is 5.30. The van der Waals surface area contributed by atoms with Crippen molar-refractivity contribution in [2.24, 2.45) is 5.92 Å². The molecule has 2 unspecified atom stereocenters. The molecule has 0 aromatic carbocycles. The monoisotopic (exact) mass is 233 g/mol. The lowest BCUT2D eigenvalue weighted by Gasteiger charge is -2.31. The van der Waals surface area contributed by atoms with Gasteiger partial charge in [0.15, 0.2) is 0 Å². The number of nitrogens with one attached hydrogen (secondary N) is 1. The average Bonchev–Trinajstić information content (AvgIpc) is 2.66. The van der Waals surface area contributed by atoms with E-state index in [1.54, 1.807) is 7.11 Å². The van der Waals surface area contributed by atoms with Crippen molar-refractivity contribution in [3.63, 3.8) is 0 Å². The molecule has 2 nitrogen and oxygen atoms in total. The standard InChI is InChI=1S/C15H23NO/c1-17-12-14(15-10-6-7-11-16-15)13-8-4-2-3-5-9-13/h2,4-5,8-9,14-16H,3,6-7,10-12H2,1H3. The Morgan fingerprint density at radius 1 is 1.41 bits per heavy atom. The lowest BCUT2D eigenvalue weighted by atomic mass is 9.86. The number of hydrogen-bond donors (Lipinski definition) is 1. The molecule has 2 atom stereocenters. The third kappa shape index (κ3) is 3.55. The van der Waals surface area contributed by atoms with Crippen molar-refractivity contribution in [1.29, 1.82) is 0 Å². The molecule has 0 radical (unpaired) electrons. The van der Waals surface area contributed by atoms with Gasteiger partial charge in [0.1, 0.15) is 0 Å². The number of ether oxygens (including phenoxy) is 1. The van der Waals surface area contributed by atoms with Crippen LogP contribution in [0.1, 0.15) is 25.7 Å². The lowest BCUT2D eigenvalue weighted by Crippen LogP contribution is -2.42. The van der Waals surface area contributed by atoms with Gasteiger partial charge in [-0.05, 0) is 31.4 Å². The van der Waals surface area contributed by atoms with Crippen LogP contribution in [0.5, 0.6) is 0 Å². The molecule has 1 saturated heterocycles. The molecule has 0 aromatic heterocycles. The van der Waals surface area contributed by atoms with Crippen molar-refractivity contribution < 1.29 is 4.74 Å². The van der Waals surface area contributed by atoms with Crippen LogP contribution in [0.3, 0.4) is 0 Å². The Labute approximate surface area is 104 Å². The summed E-state index contributed by atoms with van der Waals surface area (Å²) in [6.07, 6.45) is 16.1. The van der Waals surface area contributed by atoms with Gasteiger partial charge in [-0.25, -0.2) is 0 Å². The van der Waals surface area contributed by atoms with Crippen molar-refractivity contribution in [2.75, 3.05) is 20.3 Å². The minimum absolute atomic E-state index is 0.485. The number of hydrogen-bond acceptors (Lipinski definition) is 2. The van der Waals surface area contributed by atoms with E-state index < -0.39 is 0 Å². The van der Waals surface area contributed by atoms with Gasteiger partial charge in [0.2, 0.25) is 0 Å². The Kier molecular flexibility index (Phi) is 5.02. The largest absolute Gasteiger partial charge is 0.384 e. The summed E-state index contributed by atoms with van der Waals surface area (Å²) >= 11 is 0. The molecule has 1 aliphatic carbocycles. The Morgan fingerprint density at radius 3 is 3.12 bits per heavy atom. The van der Waals surface area contributed by atoms with E-state index in [4.69, 9.17) is 4.74 Å². The summed E-state index contributed by atoms with van der Waals surface area (Å²) in [4.78, 5) is 0. The first-order valence-corrected chi connectivity index (χ1v) is 6.67. The summed E-state index contributed by atoms with van der Waals surface area (Å²) in [6, 6.07) is 0.575. The molecule has 0 spiro atoms. The zero-order valence-corrected chi connectivity index (χ0v) is 10.7. The lowest BCUT2D eigenvalue weighted by molar-refractivity contribution is 0.140. The summed E-state index contributed by atoms with van der Waals surface area (Å²) in [6.45, 7) is 1.96. The van der Waals surface area contributed by atoms with Crippen molar-refractivity contribution >= 4 is 0 Å². The zero-order valence-electron chi connectivity index (χ0n) is 10.7. The molecular weight excluding hydrogens is 210 g/mol. The summed E-state index contributed by atoms with van der Waals surface area (Å²) < 4.78 is 5.41. The molecule has 0 aromatic rings. The molecule has 2 rings (SSSR count). The molecular formula is C15H23NO. The fraction of sp³-hybridized carbons (Fsp3) is 0.600. The Morgan fingerprint density at radius 2 is 2.35 bits per heavy atom. The van der Waals surface area contributed by atoms with Gasteiger partial charge in [-0.3, -0.25) is 0 Å². The second kappa shape index (κ2) is 6.77. The summed E-state index contributed by atoms with van der Waals surface area (Å²) in [5, 5.41) is 3.64. The van der Waals surface area contributed by atoms with Gasteiger partial charge < -0.3 is 10.1 Å². The quantitative estimate of drug-likeness (QED) is 0.806. The highest BCUT2D eigenvalue weighted by Crippen LogP contribution is 2.24. The van der Waals surface area contributed by atoms with Crippen LogP contribution in [0.2, 0.25) is 0 Å². The van der Waals surface area contributed by atoms with Gasteiger partial charge in [0.25, 0.3) is 0 Å². The zero-order chi connectivity index (χ0) is 11.9. The summed E-state index contributed by atoms with van der Waals surface area (Å²) in [5.41, 5.74) is 1.40. The topological polar surface area (TPSA) is 21.3 Å².